The van der Waals surface area contributed by atoms with Crippen LogP contribution in [-0.2, 0) is 15.0 Å². The summed E-state index contributed by atoms with van der Waals surface area (Å²) in [6.45, 7) is 6.80. The number of hydrogen-bond donors (Lipinski definition) is 0. The molecule has 1 aliphatic carbocycles. The fourth-order valence-corrected chi connectivity index (χ4v) is 4.52. The smallest absolute Gasteiger partial charge is 0.414 e. The second-order valence-corrected chi connectivity index (χ2v) is 9.34. The molecular formula is C23H26F2N2O5. The van der Waals surface area contributed by atoms with E-state index in [2.05, 4.69) is 0 Å². The molecule has 172 valence electrons. The molecule has 0 bridgehead atoms. The van der Waals surface area contributed by atoms with Gasteiger partial charge in [-0.25, -0.2) is 18.4 Å². The number of aromatic nitrogens is 1. The van der Waals surface area contributed by atoms with E-state index in [9.17, 15) is 18.8 Å². The highest BCUT2D eigenvalue weighted by Gasteiger charge is 2.45. The summed E-state index contributed by atoms with van der Waals surface area (Å²) < 4.78 is 42.1. The van der Waals surface area contributed by atoms with Crippen molar-refractivity contribution in [1.29, 1.82) is 0 Å². The number of rotatable bonds is 2. The Bertz CT molecular complexity index is 1180. The number of nitrogens with zero attached hydrogens (tertiary/aromatic N) is 2. The van der Waals surface area contributed by atoms with Gasteiger partial charge in [0.05, 0.1) is 17.5 Å². The Balaban J connectivity index is 2.06. The molecular weight excluding hydrogens is 422 g/mol. The van der Waals surface area contributed by atoms with E-state index in [0.29, 0.717) is 19.3 Å². The number of carbonyl (C=O) groups is 2. The Morgan fingerprint density at radius 3 is 2.44 bits per heavy atom. The maximum atomic E-state index is 15.2. The zero-order valence-electron chi connectivity index (χ0n) is 18.6. The third kappa shape index (κ3) is 3.43. The zero-order valence-corrected chi connectivity index (χ0v) is 18.6. The standard InChI is InChI=1S/C23H26F2N2O5/c1-5-31-20(29)14-12-27-17-13(19(14)28)11-15(24)16(25)18(17)26(21(30)32-22(2,3)4)10-9-23(27)7-6-8-23/h11-12H,5-10H2,1-4H3. The number of amides is 1. The summed E-state index contributed by atoms with van der Waals surface area (Å²) in [5.74, 6) is -3.34. The van der Waals surface area contributed by atoms with Gasteiger partial charge in [0, 0.05) is 18.3 Å². The van der Waals surface area contributed by atoms with Gasteiger partial charge in [-0.05, 0) is 59.4 Å². The molecule has 1 aromatic heterocycles. The number of benzene rings is 1. The SMILES string of the molecule is CCOC(=O)c1cn2c3c(c(F)c(F)cc3c1=O)N(C(=O)OC(C)(C)C)CCC21CCC1. The average molecular weight is 448 g/mol. The van der Waals surface area contributed by atoms with Crippen LogP contribution < -0.4 is 10.3 Å². The molecule has 0 radical (unpaired) electrons. The lowest BCUT2D eigenvalue weighted by Crippen LogP contribution is -2.43. The maximum absolute atomic E-state index is 15.2. The van der Waals surface area contributed by atoms with Crippen LogP contribution in [0.15, 0.2) is 17.1 Å². The van der Waals surface area contributed by atoms with Gasteiger partial charge in [0.15, 0.2) is 11.6 Å². The van der Waals surface area contributed by atoms with E-state index < -0.39 is 40.3 Å². The minimum Gasteiger partial charge on any atom is -0.462 e. The minimum absolute atomic E-state index is 0.0664. The summed E-state index contributed by atoms with van der Waals surface area (Å²) in [7, 11) is 0. The van der Waals surface area contributed by atoms with E-state index in [1.165, 1.54) is 6.20 Å². The van der Waals surface area contributed by atoms with Crippen LogP contribution in [0.3, 0.4) is 0 Å². The molecule has 0 N–H and O–H groups in total. The Kier molecular flexibility index (Phi) is 5.26. The molecule has 0 unspecified atom stereocenters. The number of fused-ring (bicyclic) bond motifs is 1. The number of hydrogen-bond acceptors (Lipinski definition) is 5. The lowest BCUT2D eigenvalue weighted by atomic mass is 9.73. The number of halogens is 2. The molecule has 1 saturated carbocycles. The van der Waals surface area contributed by atoms with Crippen molar-refractivity contribution in [3.8, 4) is 0 Å². The Hall–Kier alpha value is -2.97. The van der Waals surface area contributed by atoms with Gasteiger partial charge in [-0.1, -0.05) is 0 Å². The van der Waals surface area contributed by atoms with Crippen LogP contribution in [0.5, 0.6) is 0 Å². The van der Waals surface area contributed by atoms with Crippen LogP contribution in [0.2, 0.25) is 0 Å². The molecule has 0 atom stereocenters. The van der Waals surface area contributed by atoms with Gasteiger partial charge in [-0.3, -0.25) is 9.69 Å². The van der Waals surface area contributed by atoms with Crippen molar-refractivity contribution < 1.29 is 27.8 Å². The van der Waals surface area contributed by atoms with Gasteiger partial charge in [0.2, 0.25) is 5.43 Å². The van der Waals surface area contributed by atoms with Gasteiger partial charge in [0.25, 0.3) is 0 Å². The molecule has 1 fully saturated rings. The van der Waals surface area contributed by atoms with Crippen LogP contribution in [0, 0.1) is 11.6 Å². The molecule has 1 spiro atoms. The fraction of sp³-hybridized carbons (Fsp3) is 0.522. The predicted molar refractivity (Wildman–Crippen MR) is 114 cm³/mol. The van der Waals surface area contributed by atoms with E-state index >= 15 is 4.39 Å². The molecule has 1 aliphatic heterocycles. The highest BCUT2D eigenvalue weighted by molar-refractivity contribution is 6.03. The molecule has 1 aromatic carbocycles. The monoisotopic (exact) mass is 448 g/mol. The van der Waals surface area contributed by atoms with Crippen molar-refractivity contribution in [2.75, 3.05) is 18.1 Å². The van der Waals surface area contributed by atoms with Crippen LogP contribution in [-0.4, -0.2) is 35.4 Å². The summed E-state index contributed by atoms with van der Waals surface area (Å²) in [4.78, 5) is 39.7. The Labute approximate surface area is 183 Å². The molecule has 2 heterocycles. The van der Waals surface area contributed by atoms with Crippen molar-refractivity contribution in [3.05, 3.63) is 39.7 Å². The molecule has 4 rings (SSSR count). The molecule has 9 heteroatoms. The van der Waals surface area contributed by atoms with Crippen LogP contribution in [0.1, 0.15) is 63.7 Å². The van der Waals surface area contributed by atoms with Crippen LogP contribution in [0.4, 0.5) is 19.3 Å². The zero-order chi connectivity index (χ0) is 23.4. The molecule has 2 aromatic rings. The number of pyridine rings is 1. The maximum Gasteiger partial charge on any atom is 0.414 e. The first-order chi connectivity index (χ1) is 15.0. The third-order valence-electron chi connectivity index (χ3n) is 6.13. The van der Waals surface area contributed by atoms with Crippen molar-refractivity contribution in [1.82, 2.24) is 4.57 Å². The highest BCUT2D eigenvalue weighted by atomic mass is 19.2. The Morgan fingerprint density at radius 1 is 1.19 bits per heavy atom. The first-order valence-electron chi connectivity index (χ1n) is 10.7. The van der Waals surface area contributed by atoms with Gasteiger partial charge in [-0.15, -0.1) is 0 Å². The highest BCUT2D eigenvalue weighted by Crippen LogP contribution is 2.48. The average Bonchev–Trinajstić information content (AvgIpc) is 2.82. The number of carbonyl (C=O) groups excluding carboxylic acids is 2. The van der Waals surface area contributed by atoms with Gasteiger partial charge < -0.3 is 14.0 Å². The topological polar surface area (TPSA) is 77.8 Å². The van der Waals surface area contributed by atoms with E-state index in [0.717, 1.165) is 17.4 Å². The normalized spacial score (nSPS) is 17.1. The second kappa shape index (κ2) is 7.56. The third-order valence-corrected chi connectivity index (χ3v) is 6.13. The molecule has 7 nitrogen and oxygen atoms in total. The Morgan fingerprint density at radius 2 is 1.88 bits per heavy atom. The lowest BCUT2D eigenvalue weighted by molar-refractivity contribution is 0.0521. The van der Waals surface area contributed by atoms with E-state index in [1.807, 2.05) is 0 Å². The van der Waals surface area contributed by atoms with Crippen molar-refractivity contribution >= 4 is 28.7 Å². The van der Waals surface area contributed by atoms with E-state index in [4.69, 9.17) is 9.47 Å². The van der Waals surface area contributed by atoms with Gasteiger partial charge in [-0.2, -0.15) is 0 Å². The van der Waals surface area contributed by atoms with E-state index in [1.54, 1.807) is 32.3 Å². The minimum atomic E-state index is -1.28. The lowest BCUT2D eigenvalue weighted by Gasteiger charge is -2.44. The number of esters is 1. The molecule has 2 aliphatic rings. The molecule has 32 heavy (non-hydrogen) atoms. The number of anilines is 1. The molecule has 0 saturated heterocycles. The van der Waals surface area contributed by atoms with Gasteiger partial charge in [0.1, 0.15) is 16.9 Å². The molecule has 1 amide bonds. The summed E-state index contributed by atoms with van der Waals surface area (Å²) in [5.41, 5.74) is -2.64. The van der Waals surface area contributed by atoms with Gasteiger partial charge >= 0.3 is 12.1 Å². The van der Waals surface area contributed by atoms with Crippen molar-refractivity contribution in [2.24, 2.45) is 0 Å². The predicted octanol–water partition coefficient (Wildman–Crippen LogP) is 4.48. The largest absolute Gasteiger partial charge is 0.462 e. The summed E-state index contributed by atoms with van der Waals surface area (Å²) in [6.07, 6.45) is 3.31. The quantitative estimate of drug-likeness (QED) is 0.633. The first kappa shape index (κ1) is 22.2. The summed E-state index contributed by atoms with van der Waals surface area (Å²) in [5, 5.41) is -0.175. The summed E-state index contributed by atoms with van der Waals surface area (Å²) >= 11 is 0. The number of ether oxygens (including phenoxy) is 2. The van der Waals surface area contributed by atoms with Crippen LogP contribution >= 0.6 is 0 Å². The summed E-state index contributed by atoms with van der Waals surface area (Å²) in [6, 6.07) is 0.792. The van der Waals surface area contributed by atoms with Crippen molar-refractivity contribution in [2.45, 2.75) is 64.5 Å². The van der Waals surface area contributed by atoms with Crippen LogP contribution in [0.25, 0.3) is 10.9 Å². The van der Waals surface area contributed by atoms with E-state index in [-0.39, 0.29) is 35.3 Å². The first-order valence-corrected chi connectivity index (χ1v) is 10.7. The second-order valence-electron chi connectivity index (χ2n) is 9.34. The van der Waals surface area contributed by atoms with Crippen molar-refractivity contribution in [3.63, 3.8) is 0 Å². The fourth-order valence-electron chi connectivity index (χ4n) is 4.52.